The molecule has 0 atom stereocenters. The molecule has 19 heavy (non-hydrogen) atoms. The van der Waals surface area contributed by atoms with E-state index in [-0.39, 0.29) is 0 Å². The molecule has 0 amide bonds. The van der Waals surface area contributed by atoms with Gasteiger partial charge in [-0.1, -0.05) is 29.8 Å². The molecular formula is C15H11ClN2O. The molecule has 0 saturated carbocycles. The highest BCUT2D eigenvalue weighted by Crippen LogP contribution is 2.32. The lowest BCUT2D eigenvalue weighted by atomic mass is 10.2. The lowest BCUT2D eigenvalue weighted by molar-refractivity contribution is 0.489. The lowest BCUT2D eigenvalue weighted by Crippen LogP contribution is -1.93. The van der Waals surface area contributed by atoms with Gasteiger partial charge in [0.2, 0.25) is 0 Å². The SMILES string of the molecule is Nc1cc(Cl)ccc1Oc1cccc2cccnc12. The molecule has 1 heterocycles. The van der Waals surface area contributed by atoms with Gasteiger partial charge >= 0.3 is 0 Å². The number of rotatable bonds is 2. The van der Waals surface area contributed by atoms with Crippen molar-refractivity contribution in [1.29, 1.82) is 0 Å². The summed E-state index contributed by atoms with van der Waals surface area (Å²) in [6, 6.07) is 14.8. The summed E-state index contributed by atoms with van der Waals surface area (Å²) in [6.07, 6.45) is 1.74. The molecule has 0 aliphatic rings. The Morgan fingerprint density at radius 1 is 1.00 bits per heavy atom. The number of nitrogen functional groups attached to an aromatic ring is 1. The smallest absolute Gasteiger partial charge is 0.153 e. The van der Waals surface area contributed by atoms with Crippen LogP contribution in [-0.4, -0.2) is 4.98 Å². The first kappa shape index (κ1) is 11.8. The zero-order valence-electron chi connectivity index (χ0n) is 10.0. The topological polar surface area (TPSA) is 48.1 Å². The van der Waals surface area contributed by atoms with E-state index in [0.717, 1.165) is 10.9 Å². The van der Waals surface area contributed by atoms with Crippen LogP contribution in [0.2, 0.25) is 5.02 Å². The molecule has 4 heteroatoms. The van der Waals surface area contributed by atoms with Crippen molar-refractivity contribution in [3.05, 3.63) is 59.8 Å². The highest BCUT2D eigenvalue weighted by molar-refractivity contribution is 6.30. The zero-order valence-corrected chi connectivity index (χ0v) is 10.8. The Kier molecular flexibility index (Phi) is 2.97. The minimum atomic E-state index is 0.500. The Bertz CT molecular complexity index is 738. The molecule has 0 bridgehead atoms. The van der Waals surface area contributed by atoms with E-state index >= 15 is 0 Å². The molecule has 0 fully saturated rings. The maximum atomic E-state index is 5.88. The van der Waals surface area contributed by atoms with Gasteiger partial charge in [-0.2, -0.15) is 0 Å². The van der Waals surface area contributed by atoms with Crippen molar-refractivity contribution in [1.82, 2.24) is 4.98 Å². The van der Waals surface area contributed by atoms with Crippen molar-refractivity contribution in [2.45, 2.75) is 0 Å². The average molecular weight is 271 g/mol. The number of hydrogen-bond donors (Lipinski definition) is 1. The third kappa shape index (κ3) is 2.33. The quantitative estimate of drug-likeness (QED) is 0.708. The molecule has 3 rings (SSSR count). The molecule has 1 aromatic heterocycles. The summed E-state index contributed by atoms with van der Waals surface area (Å²) in [7, 11) is 0. The van der Waals surface area contributed by atoms with Crippen molar-refractivity contribution >= 4 is 28.2 Å². The van der Waals surface area contributed by atoms with Crippen molar-refractivity contribution in [2.75, 3.05) is 5.73 Å². The molecule has 2 aromatic carbocycles. The van der Waals surface area contributed by atoms with Crippen LogP contribution in [0.25, 0.3) is 10.9 Å². The standard InChI is InChI=1S/C15H11ClN2O/c16-11-6-7-13(12(17)9-11)19-14-5-1-3-10-4-2-8-18-15(10)14/h1-9H,17H2. The van der Waals surface area contributed by atoms with E-state index in [1.54, 1.807) is 24.4 Å². The monoisotopic (exact) mass is 270 g/mol. The largest absolute Gasteiger partial charge is 0.453 e. The molecule has 0 radical (unpaired) electrons. The van der Waals surface area contributed by atoms with Crippen LogP contribution in [0.5, 0.6) is 11.5 Å². The minimum absolute atomic E-state index is 0.500. The molecule has 94 valence electrons. The van der Waals surface area contributed by atoms with E-state index in [1.165, 1.54) is 0 Å². The number of para-hydroxylation sites is 1. The summed E-state index contributed by atoms with van der Waals surface area (Å²) in [4.78, 5) is 4.33. The van der Waals surface area contributed by atoms with Gasteiger partial charge < -0.3 is 10.5 Å². The molecule has 3 aromatic rings. The molecular weight excluding hydrogens is 260 g/mol. The molecule has 0 spiro atoms. The molecule has 2 N–H and O–H groups in total. The number of aromatic nitrogens is 1. The third-order valence-electron chi connectivity index (χ3n) is 2.79. The predicted octanol–water partition coefficient (Wildman–Crippen LogP) is 4.26. The maximum absolute atomic E-state index is 5.88. The van der Waals surface area contributed by atoms with Gasteiger partial charge in [0.05, 0.1) is 5.69 Å². The second kappa shape index (κ2) is 4.78. The van der Waals surface area contributed by atoms with Gasteiger partial charge in [-0.3, -0.25) is 4.98 Å². The fraction of sp³-hybridized carbons (Fsp3) is 0. The number of anilines is 1. The summed E-state index contributed by atoms with van der Waals surface area (Å²) in [5.41, 5.74) is 7.19. The number of hydrogen-bond acceptors (Lipinski definition) is 3. The number of halogens is 1. The first-order chi connectivity index (χ1) is 9.24. The number of benzene rings is 2. The van der Waals surface area contributed by atoms with Gasteiger partial charge in [0.25, 0.3) is 0 Å². The minimum Gasteiger partial charge on any atom is -0.453 e. The first-order valence-electron chi connectivity index (χ1n) is 5.81. The highest BCUT2D eigenvalue weighted by atomic mass is 35.5. The second-order valence-electron chi connectivity index (χ2n) is 4.12. The van der Waals surface area contributed by atoms with Crippen LogP contribution in [0.3, 0.4) is 0 Å². The van der Waals surface area contributed by atoms with Gasteiger partial charge in [-0.15, -0.1) is 0 Å². The number of ether oxygens (including phenoxy) is 1. The Hall–Kier alpha value is -2.26. The van der Waals surface area contributed by atoms with Crippen LogP contribution in [0.1, 0.15) is 0 Å². The van der Waals surface area contributed by atoms with E-state index in [2.05, 4.69) is 4.98 Å². The van der Waals surface area contributed by atoms with Crippen molar-refractivity contribution < 1.29 is 4.74 Å². The number of fused-ring (bicyclic) bond motifs is 1. The van der Waals surface area contributed by atoms with E-state index in [9.17, 15) is 0 Å². The fourth-order valence-electron chi connectivity index (χ4n) is 1.89. The van der Waals surface area contributed by atoms with Gasteiger partial charge in [0.1, 0.15) is 5.52 Å². The fourth-order valence-corrected chi connectivity index (χ4v) is 2.07. The number of nitrogens with zero attached hydrogens (tertiary/aromatic N) is 1. The maximum Gasteiger partial charge on any atom is 0.153 e. The molecule has 3 nitrogen and oxygen atoms in total. The molecule has 0 unspecified atom stereocenters. The van der Waals surface area contributed by atoms with Gasteiger partial charge in [0, 0.05) is 16.6 Å². The van der Waals surface area contributed by atoms with Gasteiger partial charge in [-0.05, 0) is 30.3 Å². The van der Waals surface area contributed by atoms with Gasteiger partial charge in [0.15, 0.2) is 11.5 Å². The Balaban J connectivity index is 2.06. The van der Waals surface area contributed by atoms with E-state index in [1.807, 2.05) is 30.3 Å². The van der Waals surface area contributed by atoms with Crippen LogP contribution in [0, 0.1) is 0 Å². The Morgan fingerprint density at radius 3 is 2.68 bits per heavy atom. The Morgan fingerprint density at radius 2 is 1.84 bits per heavy atom. The predicted molar refractivity (Wildman–Crippen MR) is 77.7 cm³/mol. The summed E-state index contributed by atoms with van der Waals surface area (Å²) in [6.45, 7) is 0. The normalized spacial score (nSPS) is 10.6. The number of pyridine rings is 1. The average Bonchev–Trinajstić information content (AvgIpc) is 2.42. The molecule has 0 aliphatic heterocycles. The first-order valence-corrected chi connectivity index (χ1v) is 6.18. The zero-order chi connectivity index (χ0) is 13.2. The van der Waals surface area contributed by atoms with Crippen LogP contribution < -0.4 is 10.5 Å². The van der Waals surface area contributed by atoms with E-state index in [0.29, 0.717) is 22.2 Å². The van der Waals surface area contributed by atoms with Crippen LogP contribution >= 0.6 is 11.6 Å². The summed E-state index contributed by atoms with van der Waals surface area (Å²) in [5, 5.41) is 1.61. The van der Waals surface area contributed by atoms with E-state index < -0.39 is 0 Å². The van der Waals surface area contributed by atoms with Gasteiger partial charge in [-0.25, -0.2) is 0 Å². The van der Waals surface area contributed by atoms with Crippen LogP contribution in [0.4, 0.5) is 5.69 Å². The van der Waals surface area contributed by atoms with E-state index in [4.69, 9.17) is 22.1 Å². The summed E-state index contributed by atoms with van der Waals surface area (Å²) >= 11 is 5.87. The Labute approximate surface area is 115 Å². The van der Waals surface area contributed by atoms with Crippen molar-refractivity contribution in [3.63, 3.8) is 0 Å². The van der Waals surface area contributed by atoms with Crippen LogP contribution in [0.15, 0.2) is 54.7 Å². The summed E-state index contributed by atoms with van der Waals surface area (Å²) < 4.78 is 5.83. The summed E-state index contributed by atoms with van der Waals surface area (Å²) in [5.74, 6) is 1.25. The van der Waals surface area contributed by atoms with Crippen LogP contribution in [-0.2, 0) is 0 Å². The molecule has 0 saturated heterocycles. The lowest BCUT2D eigenvalue weighted by Gasteiger charge is -2.10. The highest BCUT2D eigenvalue weighted by Gasteiger charge is 2.07. The van der Waals surface area contributed by atoms with Crippen molar-refractivity contribution in [2.24, 2.45) is 0 Å². The van der Waals surface area contributed by atoms with Crippen molar-refractivity contribution in [3.8, 4) is 11.5 Å². The number of nitrogens with two attached hydrogens (primary N) is 1. The molecule has 0 aliphatic carbocycles. The third-order valence-corrected chi connectivity index (χ3v) is 3.02. The second-order valence-corrected chi connectivity index (χ2v) is 4.55.